The lowest BCUT2D eigenvalue weighted by Gasteiger charge is -2.37. The molecule has 1 fully saturated rings. The first-order chi connectivity index (χ1) is 6.49. The molecule has 0 aliphatic carbocycles. The molecule has 82 valence electrons. The van der Waals surface area contributed by atoms with Gasteiger partial charge in [0.1, 0.15) is 0 Å². The molecule has 0 bridgehead atoms. The number of hydrogen-bond donors (Lipinski definition) is 2. The van der Waals surface area contributed by atoms with Crippen LogP contribution in [0.25, 0.3) is 0 Å². The normalized spacial score (nSPS) is 23.4. The van der Waals surface area contributed by atoms with Gasteiger partial charge >= 0.3 is 5.97 Å². The van der Waals surface area contributed by atoms with Crippen molar-refractivity contribution in [1.82, 2.24) is 0 Å². The van der Waals surface area contributed by atoms with Crippen LogP contribution in [0.3, 0.4) is 0 Å². The Morgan fingerprint density at radius 1 is 1.43 bits per heavy atom. The number of aliphatic carboxylic acids is 1. The molecule has 1 heterocycles. The monoisotopic (exact) mass is 218 g/mol. The number of thioether (sulfide) groups is 1. The van der Waals surface area contributed by atoms with E-state index in [-0.39, 0.29) is 11.8 Å². The van der Waals surface area contributed by atoms with E-state index in [4.69, 9.17) is 5.11 Å². The second-order valence-corrected chi connectivity index (χ2v) is 5.40. The van der Waals surface area contributed by atoms with E-state index < -0.39 is 11.6 Å². The zero-order valence-corrected chi connectivity index (χ0v) is 9.51. The summed E-state index contributed by atoms with van der Waals surface area (Å²) >= 11 is 1.83. The zero-order chi connectivity index (χ0) is 10.8. The second-order valence-electron chi connectivity index (χ2n) is 4.17. The van der Waals surface area contributed by atoms with Crippen molar-refractivity contribution in [2.24, 2.45) is 11.8 Å². The quantitative estimate of drug-likeness (QED) is 0.755. The molecule has 0 amide bonds. The topological polar surface area (TPSA) is 57.5 Å². The minimum Gasteiger partial charge on any atom is -0.479 e. The van der Waals surface area contributed by atoms with E-state index in [0.717, 1.165) is 24.3 Å². The molecule has 0 aromatic heterocycles. The summed E-state index contributed by atoms with van der Waals surface area (Å²) in [6.45, 7) is 3.55. The molecule has 1 aliphatic heterocycles. The third-order valence-corrected chi connectivity index (χ3v) is 4.12. The average Bonchev–Trinajstić information content (AvgIpc) is 2.17. The Balaban J connectivity index is 2.80. The smallest absolute Gasteiger partial charge is 0.336 e. The van der Waals surface area contributed by atoms with Gasteiger partial charge in [-0.05, 0) is 30.3 Å². The van der Waals surface area contributed by atoms with Crippen molar-refractivity contribution >= 4 is 17.7 Å². The molecule has 0 aromatic rings. The van der Waals surface area contributed by atoms with Crippen LogP contribution < -0.4 is 0 Å². The number of carboxylic acids is 1. The van der Waals surface area contributed by atoms with Crippen LogP contribution in [0.2, 0.25) is 0 Å². The molecule has 1 atom stereocenters. The third-order valence-electron chi connectivity index (χ3n) is 3.07. The molecule has 0 radical (unpaired) electrons. The highest BCUT2D eigenvalue weighted by molar-refractivity contribution is 7.99. The number of aliphatic hydroxyl groups is 1. The number of carboxylic acid groups (broad SMARTS) is 1. The molecule has 1 unspecified atom stereocenters. The summed E-state index contributed by atoms with van der Waals surface area (Å²) in [6.07, 6.45) is 1.62. The van der Waals surface area contributed by atoms with Crippen LogP contribution >= 0.6 is 11.8 Å². The SMILES string of the molecule is CC(C)C(O)(C(=O)O)C1CCSCC1. The maximum Gasteiger partial charge on any atom is 0.336 e. The highest BCUT2D eigenvalue weighted by Crippen LogP contribution is 2.36. The summed E-state index contributed by atoms with van der Waals surface area (Å²) in [5.74, 6) is 0.554. The molecule has 1 aliphatic rings. The predicted octanol–water partition coefficient (Wildman–Crippen LogP) is 1.60. The van der Waals surface area contributed by atoms with Gasteiger partial charge in [-0.25, -0.2) is 4.79 Å². The molecule has 0 saturated carbocycles. The third kappa shape index (κ3) is 2.06. The van der Waals surface area contributed by atoms with Crippen LogP contribution in [-0.4, -0.2) is 33.3 Å². The molecule has 4 heteroatoms. The Morgan fingerprint density at radius 3 is 2.29 bits per heavy atom. The minimum absolute atomic E-state index is 0.0822. The Bertz CT molecular complexity index is 211. The molecular formula is C10H18O3S. The fourth-order valence-electron chi connectivity index (χ4n) is 2.03. The first-order valence-corrected chi connectivity index (χ1v) is 6.18. The van der Waals surface area contributed by atoms with Gasteiger partial charge in [0.05, 0.1) is 0 Å². The zero-order valence-electron chi connectivity index (χ0n) is 8.69. The highest BCUT2D eigenvalue weighted by Gasteiger charge is 2.46. The lowest BCUT2D eigenvalue weighted by molar-refractivity contribution is -0.172. The molecular weight excluding hydrogens is 200 g/mol. The van der Waals surface area contributed by atoms with E-state index in [2.05, 4.69) is 0 Å². The van der Waals surface area contributed by atoms with Gasteiger partial charge in [0, 0.05) is 5.92 Å². The first-order valence-electron chi connectivity index (χ1n) is 5.03. The summed E-state index contributed by atoms with van der Waals surface area (Å²) in [6, 6.07) is 0. The second kappa shape index (κ2) is 4.53. The minimum atomic E-state index is -1.53. The molecule has 0 aromatic carbocycles. The highest BCUT2D eigenvalue weighted by atomic mass is 32.2. The maximum absolute atomic E-state index is 11.1. The van der Waals surface area contributed by atoms with Gasteiger partial charge in [-0.1, -0.05) is 13.8 Å². The van der Waals surface area contributed by atoms with Crippen molar-refractivity contribution < 1.29 is 15.0 Å². The van der Waals surface area contributed by atoms with Crippen molar-refractivity contribution in [3.8, 4) is 0 Å². The van der Waals surface area contributed by atoms with Gasteiger partial charge in [0.15, 0.2) is 5.60 Å². The Labute approximate surface area is 88.9 Å². The molecule has 1 saturated heterocycles. The van der Waals surface area contributed by atoms with Gasteiger partial charge < -0.3 is 10.2 Å². The van der Waals surface area contributed by atoms with Crippen LogP contribution in [-0.2, 0) is 4.79 Å². The number of rotatable bonds is 3. The van der Waals surface area contributed by atoms with Crippen LogP contribution in [0, 0.1) is 11.8 Å². The van der Waals surface area contributed by atoms with E-state index in [0.29, 0.717) is 0 Å². The van der Waals surface area contributed by atoms with Crippen LogP contribution in [0.5, 0.6) is 0 Å². The molecule has 2 N–H and O–H groups in total. The molecule has 0 spiro atoms. The predicted molar refractivity (Wildman–Crippen MR) is 57.5 cm³/mol. The lowest BCUT2D eigenvalue weighted by atomic mass is 9.75. The van der Waals surface area contributed by atoms with Crippen LogP contribution in [0.15, 0.2) is 0 Å². The van der Waals surface area contributed by atoms with Gasteiger partial charge in [0.2, 0.25) is 0 Å². The van der Waals surface area contributed by atoms with E-state index in [1.54, 1.807) is 13.8 Å². The summed E-state index contributed by atoms with van der Waals surface area (Å²) in [4.78, 5) is 11.1. The van der Waals surface area contributed by atoms with Crippen molar-refractivity contribution in [2.45, 2.75) is 32.3 Å². The van der Waals surface area contributed by atoms with Crippen molar-refractivity contribution in [3.63, 3.8) is 0 Å². The van der Waals surface area contributed by atoms with E-state index in [1.807, 2.05) is 11.8 Å². The van der Waals surface area contributed by atoms with Crippen LogP contribution in [0.4, 0.5) is 0 Å². The van der Waals surface area contributed by atoms with E-state index in [9.17, 15) is 9.90 Å². The summed E-state index contributed by atoms with van der Waals surface area (Å²) in [5.41, 5.74) is -1.53. The van der Waals surface area contributed by atoms with Gasteiger partial charge in [-0.15, -0.1) is 0 Å². The average molecular weight is 218 g/mol. The van der Waals surface area contributed by atoms with Gasteiger partial charge in [0.25, 0.3) is 0 Å². The number of hydrogen-bond acceptors (Lipinski definition) is 3. The van der Waals surface area contributed by atoms with Gasteiger partial charge in [-0.2, -0.15) is 11.8 Å². The molecule has 3 nitrogen and oxygen atoms in total. The summed E-state index contributed by atoms with van der Waals surface area (Å²) in [5, 5.41) is 19.3. The van der Waals surface area contributed by atoms with Crippen molar-refractivity contribution in [1.29, 1.82) is 0 Å². The number of carbonyl (C=O) groups is 1. The fraction of sp³-hybridized carbons (Fsp3) is 0.900. The summed E-state index contributed by atoms with van der Waals surface area (Å²) < 4.78 is 0. The Hall–Kier alpha value is -0.220. The Morgan fingerprint density at radius 2 is 1.93 bits per heavy atom. The van der Waals surface area contributed by atoms with Crippen molar-refractivity contribution in [2.75, 3.05) is 11.5 Å². The first kappa shape index (κ1) is 11.9. The van der Waals surface area contributed by atoms with E-state index in [1.165, 1.54) is 0 Å². The Kier molecular flexibility index (Phi) is 3.84. The lowest BCUT2D eigenvalue weighted by Crippen LogP contribution is -2.51. The maximum atomic E-state index is 11.1. The largest absolute Gasteiger partial charge is 0.479 e. The van der Waals surface area contributed by atoms with E-state index >= 15 is 0 Å². The standard InChI is InChI=1S/C10H18O3S/c1-7(2)10(13,9(11)12)8-3-5-14-6-4-8/h7-8,13H,3-6H2,1-2H3,(H,11,12). The van der Waals surface area contributed by atoms with Gasteiger partial charge in [-0.3, -0.25) is 0 Å². The fourth-order valence-corrected chi connectivity index (χ4v) is 3.14. The van der Waals surface area contributed by atoms with Crippen molar-refractivity contribution in [3.05, 3.63) is 0 Å². The molecule has 1 rings (SSSR count). The van der Waals surface area contributed by atoms with Crippen LogP contribution in [0.1, 0.15) is 26.7 Å². The summed E-state index contributed by atoms with van der Waals surface area (Å²) in [7, 11) is 0. The molecule has 14 heavy (non-hydrogen) atoms.